The van der Waals surface area contributed by atoms with Gasteiger partial charge in [-0.05, 0) is 201 Å². The maximum atomic E-state index is 7.43. The van der Waals surface area contributed by atoms with Gasteiger partial charge in [-0.2, -0.15) is 0 Å². The molecule has 0 N–H and O–H groups in total. The van der Waals surface area contributed by atoms with Crippen molar-refractivity contribution in [2.24, 2.45) is 0 Å². The molecule has 0 unspecified atom stereocenters. The molecule has 0 amide bonds. The predicted molar refractivity (Wildman–Crippen MR) is 296 cm³/mol. The zero-order chi connectivity index (χ0) is 47.5. The molecule has 15 rings (SSSR count). The number of aromatic nitrogens is 2. The van der Waals surface area contributed by atoms with Crippen molar-refractivity contribution in [2.75, 3.05) is 0 Å². The van der Waals surface area contributed by atoms with Crippen LogP contribution in [-0.4, -0.2) is 22.6 Å². The highest BCUT2D eigenvalue weighted by Gasteiger charge is 2.46. The molecule has 9 aromatic carbocycles. The average Bonchev–Trinajstić information content (AvgIpc) is 3.80. The molecule has 11 aromatic rings. The van der Waals surface area contributed by atoms with Crippen LogP contribution < -0.4 is 42.3 Å². The largest absolute Gasteiger partial charge is 0.458 e. The van der Waals surface area contributed by atoms with Crippen LogP contribution in [0.25, 0.3) is 77.2 Å². The molecule has 4 nitrogen and oxygen atoms in total. The van der Waals surface area contributed by atoms with E-state index in [4.69, 9.17) is 9.47 Å². The number of ether oxygens (including phenoxy) is 2. The minimum Gasteiger partial charge on any atom is -0.458 e. The number of aryl methyl sites for hydroxylation is 10. The van der Waals surface area contributed by atoms with Crippen molar-refractivity contribution in [1.82, 2.24) is 9.13 Å². The first kappa shape index (κ1) is 40.2. The molecule has 0 aliphatic carbocycles. The van der Waals surface area contributed by atoms with Crippen LogP contribution in [0.15, 0.2) is 121 Å². The molecule has 0 fully saturated rings. The normalized spacial score (nSPS) is 13.5. The van der Waals surface area contributed by atoms with Gasteiger partial charge >= 0.3 is 0 Å². The van der Waals surface area contributed by atoms with Gasteiger partial charge in [0.2, 0.25) is 0 Å². The Labute approximate surface area is 409 Å². The molecule has 334 valence electrons. The Bertz CT molecular complexity index is 4270. The first-order chi connectivity index (χ1) is 33.8. The zero-order valence-corrected chi connectivity index (χ0v) is 41.4. The Hall–Kier alpha value is -7.69. The second kappa shape index (κ2) is 13.5. The standard InChI is InChI=1S/C64H50B2N2O2/c1-31-11-15-50-44(21-31)43-14-13-36(6)60-64(43)68(50)53-26-42(59-39(9)19-34(4)20-40(59)10)28-57-62(53)66(60)48-29-47-54(30-55(48)70-57)69-56-27-41(58-37(7)17-33(3)18-38(58)8)25-52-61(56)65(47)49-24-35(5)23-46-45-22-32(2)12-16-51(45)67(52)63(46)49/h11-30H,1-10H3. The van der Waals surface area contributed by atoms with Crippen molar-refractivity contribution >= 4 is 89.8 Å². The summed E-state index contributed by atoms with van der Waals surface area (Å²) in [7, 11) is 0. The monoisotopic (exact) mass is 900 g/mol. The van der Waals surface area contributed by atoms with Gasteiger partial charge in [-0.15, -0.1) is 0 Å². The smallest absolute Gasteiger partial charge is 0.256 e. The van der Waals surface area contributed by atoms with Crippen molar-refractivity contribution < 1.29 is 9.47 Å². The third-order valence-electron chi connectivity index (χ3n) is 16.6. The van der Waals surface area contributed by atoms with Crippen molar-refractivity contribution in [3.63, 3.8) is 0 Å². The highest BCUT2D eigenvalue weighted by atomic mass is 16.5. The van der Waals surface area contributed by atoms with Gasteiger partial charge in [0.1, 0.15) is 23.0 Å². The number of rotatable bonds is 2. The molecule has 6 heteroatoms. The van der Waals surface area contributed by atoms with Crippen molar-refractivity contribution in [1.29, 1.82) is 0 Å². The second-order valence-corrected chi connectivity index (χ2v) is 21.5. The fraction of sp³-hybridized carbons (Fsp3) is 0.156. The van der Waals surface area contributed by atoms with Gasteiger partial charge < -0.3 is 18.6 Å². The summed E-state index contributed by atoms with van der Waals surface area (Å²) in [6.45, 7) is 22.2. The first-order valence-corrected chi connectivity index (χ1v) is 25.0. The Morgan fingerprint density at radius 3 is 1.39 bits per heavy atom. The molecule has 2 aromatic heterocycles. The van der Waals surface area contributed by atoms with E-state index in [0.29, 0.717) is 0 Å². The van der Waals surface area contributed by atoms with Crippen LogP contribution in [0.1, 0.15) is 55.6 Å². The molecule has 0 bridgehead atoms. The van der Waals surface area contributed by atoms with E-state index in [9.17, 15) is 0 Å². The Morgan fingerprint density at radius 1 is 0.329 bits per heavy atom. The van der Waals surface area contributed by atoms with Gasteiger partial charge in [-0.25, -0.2) is 0 Å². The van der Waals surface area contributed by atoms with E-state index in [1.165, 1.54) is 166 Å². The van der Waals surface area contributed by atoms with E-state index in [-0.39, 0.29) is 13.4 Å². The molecule has 0 radical (unpaired) electrons. The molecule has 0 spiro atoms. The number of hydrogen-bond acceptors (Lipinski definition) is 2. The quantitative estimate of drug-likeness (QED) is 0.162. The highest BCUT2D eigenvalue weighted by Crippen LogP contribution is 2.45. The Morgan fingerprint density at radius 2 is 0.814 bits per heavy atom. The van der Waals surface area contributed by atoms with Gasteiger partial charge in [0.25, 0.3) is 13.4 Å². The van der Waals surface area contributed by atoms with Crippen LogP contribution in [-0.2, 0) is 0 Å². The lowest BCUT2D eigenvalue weighted by molar-refractivity contribution is 0.465. The maximum absolute atomic E-state index is 7.43. The van der Waals surface area contributed by atoms with E-state index in [2.05, 4.69) is 200 Å². The molecule has 0 saturated carbocycles. The van der Waals surface area contributed by atoms with E-state index in [0.717, 1.165) is 23.0 Å². The summed E-state index contributed by atoms with van der Waals surface area (Å²) in [4.78, 5) is 0. The third-order valence-corrected chi connectivity index (χ3v) is 16.6. The molecule has 70 heavy (non-hydrogen) atoms. The number of hydrogen-bond donors (Lipinski definition) is 0. The lowest BCUT2D eigenvalue weighted by Crippen LogP contribution is -2.62. The van der Waals surface area contributed by atoms with E-state index in [1.807, 2.05) is 0 Å². The molecular formula is C64H50B2N2O2. The fourth-order valence-corrected chi connectivity index (χ4v) is 14.2. The van der Waals surface area contributed by atoms with Crippen molar-refractivity contribution in [3.05, 3.63) is 177 Å². The number of nitrogens with zero attached hydrogens (tertiary/aromatic N) is 2. The zero-order valence-electron chi connectivity index (χ0n) is 41.4. The van der Waals surface area contributed by atoms with Gasteiger partial charge in [-0.3, -0.25) is 0 Å². The van der Waals surface area contributed by atoms with Crippen LogP contribution in [0.4, 0.5) is 0 Å². The molecule has 6 heterocycles. The topological polar surface area (TPSA) is 28.3 Å². The van der Waals surface area contributed by atoms with Crippen LogP contribution >= 0.6 is 0 Å². The fourth-order valence-electron chi connectivity index (χ4n) is 14.2. The Kier molecular flexibility index (Phi) is 7.78. The average molecular weight is 901 g/mol. The van der Waals surface area contributed by atoms with Crippen molar-refractivity contribution in [2.45, 2.75) is 69.2 Å². The molecule has 4 aliphatic rings. The lowest BCUT2D eigenvalue weighted by Gasteiger charge is -2.38. The van der Waals surface area contributed by atoms with Gasteiger partial charge in [0.05, 0.1) is 11.0 Å². The SMILES string of the molecule is Cc1cc(C)c(-c2cc3c4c(c2)-n2c5ccc(C)cc5c5cc(C)cc(c52)B4c2cc4c(cc2O3)Oc2cc(-c3c(C)cc(C)cc3C)cc3c2B4c2c(C)ccc4c5cc(C)ccc5n-3c24)c(C)c1. The van der Waals surface area contributed by atoms with Crippen molar-refractivity contribution in [3.8, 4) is 56.6 Å². The van der Waals surface area contributed by atoms with Gasteiger partial charge in [-0.1, -0.05) is 94.0 Å². The first-order valence-electron chi connectivity index (χ1n) is 25.0. The number of fused-ring (bicyclic) bond motifs is 14. The van der Waals surface area contributed by atoms with E-state index in [1.54, 1.807) is 0 Å². The van der Waals surface area contributed by atoms with Crippen LogP contribution in [0, 0.1) is 69.2 Å². The molecule has 0 saturated heterocycles. The summed E-state index contributed by atoms with van der Waals surface area (Å²) in [5.41, 5.74) is 32.5. The third kappa shape index (κ3) is 5.13. The summed E-state index contributed by atoms with van der Waals surface area (Å²) in [5.74, 6) is 3.52. The van der Waals surface area contributed by atoms with E-state index >= 15 is 0 Å². The number of benzene rings is 9. The second-order valence-electron chi connectivity index (χ2n) is 21.5. The molecule has 4 aliphatic heterocycles. The van der Waals surface area contributed by atoms with Gasteiger partial charge in [0.15, 0.2) is 0 Å². The van der Waals surface area contributed by atoms with Crippen LogP contribution in [0.5, 0.6) is 23.0 Å². The molecule has 0 atom stereocenters. The summed E-state index contributed by atoms with van der Waals surface area (Å²) >= 11 is 0. The maximum Gasteiger partial charge on any atom is 0.256 e. The van der Waals surface area contributed by atoms with E-state index < -0.39 is 0 Å². The minimum absolute atomic E-state index is 0.0683. The predicted octanol–water partition coefficient (Wildman–Crippen LogP) is 12.2. The molecular weight excluding hydrogens is 850 g/mol. The van der Waals surface area contributed by atoms with Crippen LogP contribution in [0.3, 0.4) is 0 Å². The van der Waals surface area contributed by atoms with Crippen LogP contribution in [0.2, 0.25) is 0 Å². The highest BCUT2D eigenvalue weighted by molar-refractivity contribution is 7.02. The van der Waals surface area contributed by atoms with Gasteiger partial charge in [0, 0.05) is 50.0 Å². The summed E-state index contributed by atoms with van der Waals surface area (Å²) in [5, 5.41) is 5.16. The lowest BCUT2D eigenvalue weighted by atomic mass is 9.31. The summed E-state index contributed by atoms with van der Waals surface area (Å²) < 4.78 is 20.0. The summed E-state index contributed by atoms with van der Waals surface area (Å²) in [6, 6.07) is 47.0. The summed E-state index contributed by atoms with van der Waals surface area (Å²) in [6.07, 6.45) is 0. The Balaban J connectivity index is 1.04. The minimum atomic E-state index is -0.0701.